The molecule has 5 nitrogen and oxygen atoms in total. The van der Waals surface area contributed by atoms with E-state index in [0.717, 1.165) is 0 Å². The zero-order chi connectivity index (χ0) is 20.7. The van der Waals surface area contributed by atoms with E-state index in [4.69, 9.17) is 27.9 Å². The van der Waals surface area contributed by atoms with E-state index in [9.17, 15) is 14.0 Å². The van der Waals surface area contributed by atoms with Crippen LogP contribution in [0.5, 0.6) is 5.75 Å². The largest absolute Gasteiger partial charge is 0.481 e. The summed E-state index contributed by atoms with van der Waals surface area (Å²) in [6, 6.07) is 10.0. The summed E-state index contributed by atoms with van der Waals surface area (Å²) >= 11 is 12.0. The van der Waals surface area contributed by atoms with Crippen molar-refractivity contribution in [1.29, 1.82) is 0 Å². The smallest absolute Gasteiger partial charge is 0.261 e. The van der Waals surface area contributed by atoms with E-state index in [0.29, 0.717) is 22.2 Å². The van der Waals surface area contributed by atoms with Crippen LogP contribution >= 0.6 is 23.2 Å². The predicted molar refractivity (Wildman–Crippen MR) is 107 cm³/mol. The number of carbonyl (C=O) groups is 2. The second-order valence-electron chi connectivity index (χ2n) is 6.06. The van der Waals surface area contributed by atoms with E-state index in [1.54, 1.807) is 38.1 Å². The van der Waals surface area contributed by atoms with Crippen molar-refractivity contribution in [2.45, 2.75) is 26.4 Å². The maximum absolute atomic E-state index is 13.7. The Labute approximate surface area is 173 Å². The molecule has 1 atom stereocenters. The van der Waals surface area contributed by atoms with Crippen LogP contribution in [0.3, 0.4) is 0 Å². The third-order valence-electron chi connectivity index (χ3n) is 4.04. The second kappa shape index (κ2) is 10.3. The van der Waals surface area contributed by atoms with Crippen molar-refractivity contribution >= 4 is 35.0 Å². The SMILES string of the molecule is CCNC(=O)[C@@H](C)N(Cc1ccc(Cl)c(Cl)c1)C(=O)COc1ccccc1F. The molecule has 0 aliphatic carbocycles. The van der Waals surface area contributed by atoms with Crippen LogP contribution in [0.25, 0.3) is 0 Å². The third kappa shape index (κ3) is 5.84. The average Bonchev–Trinajstić information content (AvgIpc) is 2.67. The normalized spacial score (nSPS) is 11.6. The topological polar surface area (TPSA) is 58.6 Å². The maximum Gasteiger partial charge on any atom is 0.261 e. The molecule has 150 valence electrons. The molecule has 0 aliphatic heterocycles. The summed E-state index contributed by atoms with van der Waals surface area (Å²) in [5, 5.41) is 3.43. The van der Waals surface area contributed by atoms with E-state index in [1.165, 1.54) is 23.1 Å². The molecule has 2 aromatic rings. The summed E-state index contributed by atoms with van der Waals surface area (Å²) in [6.45, 7) is 3.55. The Morgan fingerprint density at radius 1 is 1.18 bits per heavy atom. The van der Waals surface area contributed by atoms with Gasteiger partial charge < -0.3 is 15.0 Å². The van der Waals surface area contributed by atoms with Crippen LogP contribution in [0.1, 0.15) is 19.4 Å². The minimum Gasteiger partial charge on any atom is -0.481 e. The molecule has 0 aliphatic rings. The van der Waals surface area contributed by atoms with Crippen molar-refractivity contribution in [2.24, 2.45) is 0 Å². The molecule has 0 spiro atoms. The van der Waals surface area contributed by atoms with Crippen LogP contribution in [0.2, 0.25) is 10.0 Å². The first kappa shape index (κ1) is 22.0. The summed E-state index contributed by atoms with van der Waals surface area (Å²) < 4.78 is 19.0. The highest BCUT2D eigenvalue weighted by atomic mass is 35.5. The molecule has 2 amide bonds. The second-order valence-corrected chi connectivity index (χ2v) is 6.87. The Hall–Kier alpha value is -2.31. The first-order chi connectivity index (χ1) is 13.3. The molecule has 0 fully saturated rings. The van der Waals surface area contributed by atoms with Crippen molar-refractivity contribution in [1.82, 2.24) is 10.2 Å². The van der Waals surface area contributed by atoms with Crippen molar-refractivity contribution in [2.75, 3.05) is 13.2 Å². The summed E-state index contributed by atoms with van der Waals surface area (Å²) in [6.07, 6.45) is 0. The fourth-order valence-corrected chi connectivity index (χ4v) is 2.84. The number of ether oxygens (including phenoxy) is 1. The lowest BCUT2D eigenvalue weighted by Gasteiger charge is -2.28. The van der Waals surface area contributed by atoms with Crippen LogP contribution in [0, 0.1) is 5.82 Å². The van der Waals surface area contributed by atoms with Crippen molar-refractivity contribution < 1.29 is 18.7 Å². The molecule has 28 heavy (non-hydrogen) atoms. The fourth-order valence-electron chi connectivity index (χ4n) is 2.52. The molecule has 0 bridgehead atoms. The van der Waals surface area contributed by atoms with Gasteiger partial charge in [-0.15, -0.1) is 0 Å². The van der Waals surface area contributed by atoms with Gasteiger partial charge in [0.25, 0.3) is 5.91 Å². The summed E-state index contributed by atoms with van der Waals surface area (Å²) in [5.74, 6) is -1.37. The molecular weight excluding hydrogens is 406 g/mol. The Bertz CT molecular complexity index is 848. The maximum atomic E-state index is 13.7. The monoisotopic (exact) mass is 426 g/mol. The van der Waals surface area contributed by atoms with E-state index >= 15 is 0 Å². The van der Waals surface area contributed by atoms with Gasteiger partial charge in [0, 0.05) is 13.1 Å². The summed E-state index contributed by atoms with van der Waals surface area (Å²) in [4.78, 5) is 26.4. The Morgan fingerprint density at radius 3 is 2.54 bits per heavy atom. The Kier molecular flexibility index (Phi) is 8.08. The molecule has 0 aromatic heterocycles. The number of rotatable bonds is 8. The van der Waals surface area contributed by atoms with E-state index in [1.807, 2.05) is 0 Å². The third-order valence-corrected chi connectivity index (χ3v) is 4.78. The first-order valence-electron chi connectivity index (χ1n) is 8.72. The van der Waals surface area contributed by atoms with Crippen LogP contribution < -0.4 is 10.1 Å². The molecule has 0 heterocycles. The number of likely N-dealkylation sites (N-methyl/N-ethyl adjacent to an activating group) is 1. The van der Waals surface area contributed by atoms with Gasteiger partial charge in [-0.1, -0.05) is 41.4 Å². The zero-order valence-corrected chi connectivity index (χ0v) is 17.1. The quantitative estimate of drug-likeness (QED) is 0.691. The molecule has 0 radical (unpaired) electrons. The summed E-state index contributed by atoms with van der Waals surface area (Å²) in [5.41, 5.74) is 0.699. The minimum absolute atomic E-state index is 0.0315. The number of amides is 2. The number of halogens is 3. The lowest BCUT2D eigenvalue weighted by molar-refractivity contribution is -0.142. The first-order valence-corrected chi connectivity index (χ1v) is 9.47. The van der Waals surface area contributed by atoms with Gasteiger partial charge >= 0.3 is 0 Å². The fraction of sp³-hybridized carbons (Fsp3) is 0.300. The standard InChI is InChI=1S/C20H21Cl2FN2O3/c1-3-24-20(27)13(2)25(11-14-8-9-15(21)16(22)10-14)19(26)12-28-18-7-5-4-6-17(18)23/h4-10,13H,3,11-12H2,1-2H3,(H,24,27)/t13-/m1/s1. The van der Waals surface area contributed by atoms with Crippen molar-refractivity contribution in [3.05, 3.63) is 63.9 Å². The number of hydrogen-bond acceptors (Lipinski definition) is 3. The molecule has 0 saturated heterocycles. The molecule has 2 aromatic carbocycles. The number of benzene rings is 2. The van der Waals surface area contributed by atoms with Crippen LogP contribution in [-0.2, 0) is 16.1 Å². The molecule has 8 heteroatoms. The van der Waals surface area contributed by atoms with Gasteiger partial charge in [-0.3, -0.25) is 9.59 Å². The van der Waals surface area contributed by atoms with E-state index in [2.05, 4.69) is 5.32 Å². The van der Waals surface area contributed by atoms with Crippen LogP contribution in [0.4, 0.5) is 4.39 Å². The number of hydrogen-bond donors (Lipinski definition) is 1. The van der Waals surface area contributed by atoms with Gasteiger partial charge in [-0.25, -0.2) is 4.39 Å². The van der Waals surface area contributed by atoms with Gasteiger partial charge in [0.1, 0.15) is 6.04 Å². The molecule has 1 N–H and O–H groups in total. The van der Waals surface area contributed by atoms with Gasteiger partial charge in [0.05, 0.1) is 10.0 Å². The highest BCUT2D eigenvalue weighted by Crippen LogP contribution is 2.24. The highest BCUT2D eigenvalue weighted by Gasteiger charge is 2.26. The number of nitrogens with zero attached hydrogens (tertiary/aromatic N) is 1. The van der Waals surface area contributed by atoms with Crippen molar-refractivity contribution in [3.63, 3.8) is 0 Å². The summed E-state index contributed by atoms with van der Waals surface area (Å²) in [7, 11) is 0. The molecular formula is C20H21Cl2FN2O3. The molecule has 2 rings (SSSR count). The lowest BCUT2D eigenvalue weighted by Crippen LogP contribution is -2.49. The van der Waals surface area contributed by atoms with E-state index in [-0.39, 0.29) is 18.2 Å². The van der Waals surface area contributed by atoms with Crippen LogP contribution in [-0.4, -0.2) is 35.9 Å². The zero-order valence-electron chi connectivity index (χ0n) is 15.5. The lowest BCUT2D eigenvalue weighted by atomic mass is 10.1. The van der Waals surface area contributed by atoms with Gasteiger partial charge in [0.15, 0.2) is 18.2 Å². The molecule has 0 unspecified atom stereocenters. The van der Waals surface area contributed by atoms with Crippen LogP contribution in [0.15, 0.2) is 42.5 Å². The highest BCUT2D eigenvalue weighted by molar-refractivity contribution is 6.42. The number of para-hydroxylation sites is 1. The number of carbonyl (C=O) groups excluding carboxylic acids is 2. The Balaban J connectivity index is 2.18. The van der Waals surface area contributed by atoms with Gasteiger partial charge in [-0.05, 0) is 43.7 Å². The predicted octanol–water partition coefficient (Wildman–Crippen LogP) is 4.06. The molecule has 0 saturated carbocycles. The van der Waals surface area contributed by atoms with Crippen molar-refractivity contribution in [3.8, 4) is 5.75 Å². The van der Waals surface area contributed by atoms with Gasteiger partial charge in [-0.2, -0.15) is 0 Å². The average molecular weight is 427 g/mol. The van der Waals surface area contributed by atoms with E-state index < -0.39 is 24.4 Å². The number of nitrogens with one attached hydrogen (secondary N) is 1. The Morgan fingerprint density at radius 2 is 1.89 bits per heavy atom. The van der Waals surface area contributed by atoms with Gasteiger partial charge in [0.2, 0.25) is 5.91 Å². The minimum atomic E-state index is -0.758.